The van der Waals surface area contributed by atoms with E-state index in [2.05, 4.69) is 37.5 Å². The molecule has 0 amide bonds. The first kappa shape index (κ1) is 44.8. The summed E-state index contributed by atoms with van der Waals surface area (Å²) in [5.74, 6) is -1.84. The average Bonchev–Trinajstić information content (AvgIpc) is 4.05. The van der Waals surface area contributed by atoms with Crippen molar-refractivity contribution in [2.24, 2.45) is 0 Å². The predicted octanol–water partition coefficient (Wildman–Crippen LogP) is 16.3. The summed E-state index contributed by atoms with van der Waals surface area (Å²) in [6, 6.07) is 11.9. The molecule has 6 aromatic rings. The molecule has 0 unspecified atom stereocenters. The van der Waals surface area contributed by atoms with Crippen LogP contribution in [0.5, 0.6) is 0 Å². The second kappa shape index (κ2) is 20.2. The smallest absolute Gasteiger partial charge is 0.178 e. The number of rotatable bonds is 13. The van der Waals surface area contributed by atoms with Gasteiger partial charge >= 0.3 is 0 Å². The van der Waals surface area contributed by atoms with Gasteiger partial charge in [0.1, 0.15) is 11.1 Å². The number of hydrogen-bond acceptors (Lipinski definition) is 4. The van der Waals surface area contributed by atoms with E-state index in [-0.39, 0.29) is 0 Å². The van der Waals surface area contributed by atoms with Crippen molar-refractivity contribution in [2.45, 2.75) is 78.1 Å². The molecule has 0 radical (unpaired) electrons. The van der Waals surface area contributed by atoms with E-state index in [1.807, 2.05) is 36.4 Å². The molecule has 0 nitrogen and oxygen atoms in total. The predicted molar refractivity (Wildman–Crippen MR) is 240 cm³/mol. The molecule has 14 heteroatoms. The van der Waals surface area contributed by atoms with Crippen LogP contribution >= 0.6 is 90.5 Å². The fourth-order valence-corrected chi connectivity index (χ4v) is 11.6. The van der Waals surface area contributed by atoms with Crippen LogP contribution < -0.4 is 0 Å². The van der Waals surface area contributed by atoms with Crippen LogP contribution in [0.2, 0.25) is 0 Å². The van der Waals surface area contributed by atoms with E-state index in [0.29, 0.717) is 9.75 Å². The molecule has 4 aromatic heterocycles. The van der Waals surface area contributed by atoms with E-state index in [9.17, 15) is 35.1 Å². The number of aryl methyl sites for hydroxylation is 2. The van der Waals surface area contributed by atoms with Crippen LogP contribution in [-0.4, -0.2) is 0 Å². The summed E-state index contributed by atoms with van der Waals surface area (Å²) in [6.07, 6.45) is 9.77. The fraction of sp³-hybridized carbons (Fsp3) is 0.273. The maximum absolute atomic E-state index is 14.6. The minimum Gasteiger partial charge on any atom is -0.202 e. The van der Waals surface area contributed by atoms with Crippen molar-refractivity contribution < 1.29 is 35.1 Å². The molecule has 0 saturated carbocycles. The third kappa shape index (κ3) is 9.89. The van der Waals surface area contributed by atoms with Crippen LogP contribution in [0.15, 0.2) is 36.4 Å². The minimum atomic E-state index is -1.53. The van der Waals surface area contributed by atoms with Crippen molar-refractivity contribution in [3.63, 3.8) is 0 Å². The highest BCUT2D eigenvalue weighted by atomic mass is 127. The molecule has 58 heavy (non-hydrogen) atoms. The van der Waals surface area contributed by atoms with Crippen molar-refractivity contribution in [2.75, 3.05) is 0 Å². The fourth-order valence-electron chi connectivity index (χ4n) is 6.12. The lowest BCUT2D eigenvalue weighted by molar-refractivity contribution is 0.442. The number of benzene rings is 2. The standard InChI is InChI=1S/C44H32F8I2S4/c1-3-5-7-9-11-23-21-25(13-15-27-33(45)37(49)41(53)38(50)34(27)46)55-43(23)31-19-17-29(57-31)30-18-20-32(58-30)44-24(12-10-8-6-4-2)22-26(56-44)14-16-28-35(47)39(51)42(54)40(52)36(28)48/h17-22H,3-12H2,1-2H3. The normalized spacial score (nSPS) is 11.2. The Morgan fingerprint density at radius 2 is 0.776 bits per heavy atom. The molecule has 4 heterocycles. The number of halogens is 10. The van der Waals surface area contributed by atoms with Crippen LogP contribution in [0.4, 0.5) is 35.1 Å². The monoisotopic (exact) mass is 1090 g/mol. The maximum Gasteiger partial charge on any atom is 0.178 e. The molecule has 0 N–H and O–H groups in total. The molecule has 6 rings (SSSR count). The highest BCUT2D eigenvalue weighted by molar-refractivity contribution is 14.1. The molecule has 302 valence electrons. The maximum atomic E-state index is 14.6. The molecule has 0 fully saturated rings. The lowest BCUT2D eigenvalue weighted by Gasteiger charge is -2.03. The quantitative estimate of drug-likeness (QED) is 0.0270. The summed E-state index contributed by atoms with van der Waals surface area (Å²) in [5, 5.41) is 0. The average molecular weight is 1090 g/mol. The van der Waals surface area contributed by atoms with Crippen LogP contribution in [0.25, 0.3) is 29.3 Å². The van der Waals surface area contributed by atoms with E-state index in [1.54, 1.807) is 22.7 Å². The summed E-state index contributed by atoms with van der Waals surface area (Å²) >= 11 is 8.32. The molecule has 0 aliphatic rings. The van der Waals surface area contributed by atoms with Gasteiger partial charge in [0.05, 0.1) is 16.9 Å². The Balaban J connectivity index is 1.31. The zero-order valence-corrected chi connectivity index (χ0v) is 38.5. The Morgan fingerprint density at radius 3 is 1.12 bits per heavy atom. The first-order chi connectivity index (χ1) is 27.8. The molecule has 0 saturated heterocycles. The van der Waals surface area contributed by atoms with Gasteiger partial charge in [-0.05, 0) is 118 Å². The number of thiophene rings is 4. The van der Waals surface area contributed by atoms with Gasteiger partial charge in [-0.25, -0.2) is 35.1 Å². The summed E-state index contributed by atoms with van der Waals surface area (Å²) in [7, 11) is 0. The van der Waals surface area contributed by atoms with Crippen molar-refractivity contribution in [1.29, 1.82) is 0 Å². The van der Waals surface area contributed by atoms with Gasteiger partial charge in [-0.3, -0.25) is 0 Å². The largest absolute Gasteiger partial charge is 0.202 e. The third-order valence-electron chi connectivity index (χ3n) is 9.16. The van der Waals surface area contributed by atoms with Crippen LogP contribution in [-0.2, 0) is 12.8 Å². The van der Waals surface area contributed by atoms with Gasteiger partial charge in [-0.1, -0.05) is 76.1 Å². The van der Waals surface area contributed by atoms with E-state index < -0.39 is 64.8 Å². The SMILES string of the molecule is CCCCCCc1cc(C#Cc2c(F)c(F)c(I)c(F)c2F)sc1-c1ccc(-c2ccc(-c3sc(C#Cc4c(F)c(F)c(I)c(F)c4F)cc3CCCCCC)s2)s1. The van der Waals surface area contributed by atoms with E-state index >= 15 is 0 Å². The molecular weight excluding hydrogens is 1060 g/mol. The van der Waals surface area contributed by atoms with Crippen LogP contribution in [0.3, 0.4) is 0 Å². The Hall–Kier alpha value is -2.74. The summed E-state index contributed by atoms with van der Waals surface area (Å²) < 4.78 is 114. The number of unbranched alkanes of at least 4 members (excludes halogenated alkanes) is 6. The Morgan fingerprint density at radius 1 is 0.431 bits per heavy atom. The Kier molecular flexibility index (Phi) is 15.6. The molecule has 0 atom stereocenters. The van der Waals surface area contributed by atoms with Crippen LogP contribution in [0, 0.1) is 77.4 Å². The molecule has 2 aromatic carbocycles. The summed E-state index contributed by atoms with van der Waals surface area (Å²) in [4.78, 5) is 6.92. The van der Waals surface area contributed by atoms with Crippen molar-refractivity contribution >= 4 is 90.5 Å². The molecular formula is C44H32F8I2S4. The zero-order chi connectivity index (χ0) is 41.7. The lowest BCUT2D eigenvalue weighted by Crippen LogP contribution is -2.03. The van der Waals surface area contributed by atoms with E-state index in [4.69, 9.17) is 0 Å². The van der Waals surface area contributed by atoms with E-state index in [1.165, 1.54) is 67.9 Å². The third-order valence-corrected chi connectivity index (χ3v) is 16.0. The van der Waals surface area contributed by atoms with Gasteiger partial charge in [0.2, 0.25) is 0 Å². The molecule has 0 bridgehead atoms. The van der Waals surface area contributed by atoms with Gasteiger partial charge in [-0.2, -0.15) is 0 Å². The second-order valence-electron chi connectivity index (χ2n) is 13.3. The summed E-state index contributed by atoms with van der Waals surface area (Å²) in [6.45, 7) is 4.26. The molecule has 0 aliphatic carbocycles. The van der Waals surface area contributed by atoms with Crippen molar-refractivity contribution in [3.05, 3.63) is 122 Å². The van der Waals surface area contributed by atoms with Gasteiger partial charge < -0.3 is 0 Å². The first-order valence-corrected chi connectivity index (χ1v) is 23.8. The van der Waals surface area contributed by atoms with Gasteiger partial charge in [0.25, 0.3) is 0 Å². The molecule has 0 spiro atoms. The molecule has 0 aliphatic heterocycles. The van der Waals surface area contributed by atoms with Crippen LogP contribution in [0.1, 0.15) is 97.2 Å². The Bertz CT molecular complexity index is 2360. The second-order valence-corrected chi connectivity index (χ2v) is 19.7. The van der Waals surface area contributed by atoms with Gasteiger partial charge in [0.15, 0.2) is 46.5 Å². The van der Waals surface area contributed by atoms with Crippen molar-refractivity contribution in [3.8, 4) is 52.9 Å². The lowest BCUT2D eigenvalue weighted by atomic mass is 10.1. The topological polar surface area (TPSA) is 0 Å². The number of hydrogen-bond donors (Lipinski definition) is 0. The van der Waals surface area contributed by atoms with Gasteiger partial charge in [0, 0.05) is 29.3 Å². The minimum absolute atomic E-state index is 0.512. The Labute approximate surface area is 375 Å². The van der Waals surface area contributed by atoms with Gasteiger partial charge in [-0.15, -0.1) is 45.3 Å². The highest BCUT2D eigenvalue weighted by Crippen LogP contribution is 2.45. The first-order valence-electron chi connectivity index (χ1n) is 18.4. The van der Waals surface area contributed by atoms with Crippen molar-refractivity contribution in [1.82, 2.24) is 0 Å². The van der Waals surface area contributed by atoms with E-state index in [0.717, 1.165) is 105 Å². The highest BCUT2D eigenvalue weighted by Gasteiger charge is 2.25. The summed E-state index contributed by atoms with van der Waals surface area (Å²) in [5.41, 5.74) is 0.162. The zero-order valence-electron chi connectivity index (χ0n) is 30.9.